The first-order chi connectivity index (χ1) is 9.50. The summed E-state index contributed by atoms with van der Waals surface area (Å²) in [5, 5.41) is 9.29. The van der Waals surface area contributed by atoms with E-state index in [1.807, 2.05) is 0 Å². The van der Waals surface area contributed by atoms with Crippen LogP contribution in [0.2, 0.25) is 0 Å². The molecule has 1 aromatic rings. The van der Waals surface area contributed by atoms with Crippen LogP contribution in [-0.2, 0) is 16.6 Å². The standard InChI is InChI=1S/C14H20FNO3S/c1-2-16(13-5-3-4-6-13)20(18,19)14-9-12(15)8-7-11(14)10-17/h7-9,13,17H,2-6,10H2,1H3. The van der Waals surface area contributed by atoms with Crippen molar-refractivity contribution in [2.24, 2.45) is 0 Å². The van der Waals surface area contributed by atoms with E-state index in [2.05, 4.69) is 0 Å². The van der Waals surface area contributed by atoms with Crippen molar-refractivity contribution in [2.45, 2.75) is 50.2 Å². The molecule has 1 aromatic carbocycles. The van der Waals surface area contributed by atoms with Crippen molar-refractivity contribution in [3.63, 3.8) is 0 Å². The van der Waals surface area contributed by atoms with E-state index in [0.717, 1.165) is 37.8 Å². The molecule has 0 saturated heterocycles. The third-order valence-electron chi connectivity index (χ3n) is 3.83. The van der Waals surface area contributed by atoms with Crippen molar-refractivity contribution in [3.8, 4) is 0 Å². The fraction of sp³-hybridized carbons (Fsp3) is 0.571. The number of aliphatic hydroxyl groups is 1. The normalized spacial score (nSPS) is 17.0. The van der Waals surface area contributed by atoms with Crippen molar-refractivity contribution in [3.05, 3.63) is 29.6 Å². The molecule has 4 nitrogen and oxygen atoms in total. The molecule has 112 valence electrons. The van der Waals surface area contributed by atoms with Gasteiger partial charge in [0.2, 0.25) is 10.0 Å². The number of benzene rings is 1. The molecule has 20 heavy (non-hydrogen) atoms. The van der Waals surface area contributed by atoms with E-state index >= 15 is 0 Å². The number of sulfonamides is 1. The lowest BCUT2D eigenvalue weighted by Crippen LogP contribution is -2.39. The van der Waals surface area contributed by atoms with Gasteiger partial charge in [0, 0.05) is 12.6 Å². The number of halogens is 1. The van der Waals surface area contributed by atoms with Crippen molar-refractivity contribution in [2.75, 3.05) is 6.54 Å². The molecule has 6 heteroatoms. The zero-order chi connectivity index (χ0) is 14.8. The van der Waals surface area contributed by atoms with Crippen LogP contribution in [0.5, 0.6) is 0 Å². The molecule has 1 N–H and O–H groups in total. The van der Waals surface area contributed by atoms with Crippen molar-refractivity contribution in [1.29, 1.82) is 0 Å². The number of aliphatic hydroxyl groups excluding tert-OH is 1. The zero-order valence-electron chi connectivity index (χ0n) is 11.5. The predicted molar refractivity (Wildman–Crippen MR) is 74.1 cm³/mol. The summed E-state index contributed by atoms with van der Waals surface area (Å²) in [4.78, 5) is -0.117. The van der Waals surface area contributed by atoms with Crippen LogP contribution in [0, 0.1) is 5.82 Å². The molecule has 1 fully saturated rings. The van der Waals surface area contributed by atoms with Crippen LogP contribution in [0.3, 0.4) is 0 Å². The van der Waals surface area contributed by atoms with Gasteiger partial charge < -0.3 is 5.11 Å². The van der Waals surface area contributed by atoms with E-state index in [1.165, 1.54) is 10.4 Å². The average molecular weight is 301 g/mol. The minimum atomic E-state index is -3.77. The Morgan fingerprint density at radius 3 is 2.55 bits per heavy atom. The summed E-state index contributed by atoms with van der Waals surface area (Å²) in [5.74, 6) is -0.608. The van der Waals surface area contributed by atoms with Gasteiger partial charge in [-0.15, -0.1) is 0 Å². The van der Waals surface area contributed by atoms with Crippen LogP contribution in [0.4, 0.5) is 4.39 Å². The van der Waals surface area contributed by atoms with Gasteiger partial charge in [-0.1, -0.05) is 25.8 Å². The highest BCUT2D eigenvalue weighted by Crippen LogP contribution is 2.30. The van der Waals surface area contributed by atoms with Crippen molar-refractivity contribution >= 4 is 10.0 Å². The minimum absolute atomic E-state index is 0.0141. The maximum absolute atomic E-state index is 13.4. The Hall–Kier alpha value is -0.980. The topological polar surface area (TPSA) is 57.6 Å². The highest BCUT2D eigenvalue weighted by molar-refractivity contribution is 7.89. The number of nitrogens with zero attached hydrogens (tertiary/aromatic N) is 1. The first-order valence-electron chi connectivity index (χ1n) is 6.91. The lowest BCUT2D eigenvalue weighted by molar-refractivity contribution is 0.277. The van der Waals surface area contributed by atoms with Gasteiger partial charge in [0.15, 0.2) is 0 Å². The molecule has 1 aliphatic carbocycles. The largest absolute Gasteiger partial charge is 0.392 e. The number of hydrogen-bond donors (Lipinski definition) is 1. The van der Waals surface area contributed by atoms with Crippen LogP contribution in [0.15, 0.2) is 23.1 Å². The summed E-state index contributed by atoms with van der Waals surface area (Å²) in [6, 6.07) is 3.47. The van der Waals surface area contributed by atoms with E-state index in [1.54, 1.807) is 6.92 Å². The first kappa shape index (κ1) is 15.4. The highest BCUT2D eigenvalue weighted by Gasteiger charge is 2.33. The summed E-state index contributed by atoms with van der Waals surface area (Å²) in [6.45, 7) is 1.72. The monoisotopic (exact) mass is 301 g/mol. The second-order valence-corrected chi connectivity index (χ2v) is 6.92. The molecule has 0 atom stereocenters. The molecular formula is C14H20FNO3S. The highest BCUT2D eigenvalue weighted by atomic mass is 32.2. The summed E-state index contributed by atoms with van der Waals surface area (Å²) in [6.07, 6.45) is 3.73. The van der Waals surface area contributed by atoms with Crippen LogP contribution >= 0.6 is 0 Å². The van der Waals surface area contributed by atoms with Crippen LogP contribution in [-0.4, -0.2) is 30.4 Å². The summed E-state index contributed by atoms with van der Waals surface area (Å²) in [7, 11) is -3.77. The molecular weight excluding hydrogens is 281 g/mol. The first-order valence-corrected chi connectivity index (χ1v) is 8.35. The summed E-state index contributed by atoms with van der Waals surface area (Å²) in [5.41, 5.74) is 0.239. The number of hydrogen-bond acceptors (Lipinski definition) is 3. The van der Waals surface area contributed by atoms with E-state index in [-0.39, 0.29) is 16.5 Å². The molecule has 0 spiro atoms. The molecule has 0 unspecified atom stereocenters. The molecule has 0 heterocycles. The van der Waals surface area contributed by atoms with Crippen LogP contribution in [0.25, 0.3) is 0 Å². The van der Waals surface area contributed by atoms with E-state index in [0.29, 0.717) is 6.54 Å². The molecule has 0 bridgehead atoms. The SMILES string of the molecule is CCN(C1CCCC1)S(=O)(=O)c1cc(F)ccc1CO. The minimum Gasteiger partial charge on any atom is -0.392 e. The van der Waals surface area contributed by atoms with Gasteiger partial charge in [-0.05, 0) is 30.5 Å². The molecule has 1 saturated carbocycles. The Morgan fingerprint density at radius 2 is 2.00 bits per heavy atom. The predicted octanol–water partition coefficient (Wildman–Crippen LogP) is 2.27. The summed E-state index contributed by atoms with van der Waals surface area (Å²) >= 11 is 0. The van der Waals surface area contributed by atoms with Crippen LogP contribution < -0.4 is 0 Å². The number of rotatable bonds is 5. The van der Waals surface area contributed by atoms with Gasteiger partial charge in [-0.25, -0.2) is 12.8 Å². The quantitative estimate of drug-likeness (QED) is 0.907. The third kappa shape index (κ3) is 2.87. The Kier molecular flexibility index (Phi) is 4.78. The van der Waals surface area contributed by atoms with E-state index in [4.69, 9.17) is 0 Å². The van der Waals surface area contributed by atoms with Gasteiger partial charge in [0.1, 0.15) is 5.82 Å². The van der Waals surface area contributed by atoms with E-state index in [9.17, 15) is 17.9 Å². The van der Waals surface area contributed by atoms with Gasteiger partial charge in [-0.3, -0.25) is 0 Å². The smallest absolute Gasteiger partial charge is 0.243 e. The summed E-state index contributed by atoms with van der Waals surface area (Å²) < 4.78 is 40.3. The third-order valence-corrected chi connectivity index (χ3v) is 5.94. The van der Waals surface area contributed by atoms with Crippen molar-refractivity contribution < 1.29 is 17.9 Å². The van der Waals surface area contributed by atoms with Gasteiger partial charge in [0.25, 0.3) is 0 Å². The average Bonchev–Trinajstić information content (AvgIpc) is 2.93. The molecule has 0 aliphatic heterocycles. The zero-order valence-corrected chi connectivity index (χ0v) is 12.4. The Bertz CT molecular complexity index is 568. The van der Waals surface area contributed by atoms with Gasteiger partial charge in [0.05, 0.1) is 11.5 Å². The second-order valence-electron chi connectivity index (χ2n) is 5.06. The van der Waals surface area contributed by atoms with Gasteiger partial charge in [-0.2, -0.15) is 4.31 Å². The second kappa shape index (κ2) is 6.20. The fourth-order valence-corrected chi connectivity index (χ4v) is 4.76. The Morgan fingerprint density at radius 1 is 1.35 bits per heavy atom. The lowest BCUT2D eigenvalue weighted by atomic mass is 10.2. The Labute approximate surface area is 119 Å². The lowest BCUT2D eigenvalue weighted by Gasteiger charge is -2.27. The maximum atomic E-state index is 13.4. The van der Waals surface area contributed by atoms with E-state index < -0.39 is 22.4 Å². The molecule has 0 radical (unpaired) electrons. The molecule has 1 aliphatic rings. The van der Waals surface area contributed by atoms with Gasteiger partial charge >= 0.3 is 0 Å². The molecule has 0 amide bonds. The molecule has 2 rings (SSSR count). The van der Waals surface area contributed by atoms with Crippen molar-refractivity contribution in [1.82, 2.24) is 4.31 Å². The Balaban J connectivity index is 2.44. The maximum Gasteiger partial charge on any atom is 0.243 e. The fourth-order valence-electron chi connectivity index (χ4n) is 2.84. The molecule has 0 aromatic heterocycles. The van der Waals surface area contributed by atoms with Crippen LogP contribution in [0.1, 0.15) is 38.2 Å².